The van der Waals surface area contributed by atoms with Crippen molar-refractivity contribution in [1.82, 2.24) is 15.0 Å². The van der Waals surface area contributed by atoms with Gasteiger partial charge in [0.15, 0.2) is 24.0 Å². The number of urea groups is 1. The summed E-state index contributed by atoms with van der Waals surface area (Å²) < 4.78 is 24.9. The number of nitrogens with zero attached hydrogens (tertiary/aromatic N) is 3. The van der Waals surface area contributed by atoms with Gasteiger partial charge in [0.25, 0.3) is 5.89 Å². The summed E-state index contributed by atoms with van der Waals surface area (Å²) in [6.07, 6.45) is 0.410. The van der Waals surface area contributed by atoms with Gasteiger partial charge in [0.2, 0.25) is 0 Å². The van der Waals surface area contributed by atoms with Crippen LogP contribution in [0, 0.1) is 5.82 Å². The van der Waals surface area contributed by atoms with Crippen LogP contribution in [0.25, 0.3) is 0 Å². The molecule has 7 nitrogen and oxygen atoms in total. The summed E-state index contributed by atoms with van der Waals surface area (Å²) in [4.78, 5) is 17.9. The maximum Gasteiger partial charge on any atom is 0.321 e. The molecule has 0 aliphatic heterocycles. The standard InChI is InChI=1S/C19H18BrFN4O3/c1-25(19(26)22-14-8-6-13(20)7-9-14)11-10-17-23-18(28-24-17)12-27-16-5-3-2-4-15(16)21/h2-9H,10-12H2,1H3,(H,22,26). The molecule has 2 amide bonds. The van der Waals surface area contributed by atoms with E-state index in [4.69, 9.17) is 9.26 Å². The van der Waals surface area contributed by atoms with E-state index in [9.17, 15) is 9.18 Å². The lowest BCUT2D eigenvalue weighted by Crippen LogP contribution is -2.33. The molecule has 0 aliphatic carbocycles. The SMILES string of the molecule is CN(CCc1noc(COc2ccccc2F)n1)C(=O)Nc1ccc(Br)cc1. The van der Waals surface area contributed by atoms with E-state index in [-0.39, 0.29) is 24.3 Å². The molecular formula is C19H18BrFN4O3. The van der Waals surface area contributed by atoms with Gasteiger partial charge in [0, 0.05) is 30.2 Å². The maximum absolute atomic E-state index is 13.5. The minimum Gasteiger partial charge on any atom is -0.481 e. The van der Waals surface area contributed by atoms with Crippen molar-refractivity contribution in [3.63, 3.8) is 0 Å². The summed E-state index contributed by atoms with van der Waals surface area (Å²) in [6.45, 7) is 0.364. The Bertz CT molecular complexity index is 933. The average Bonchev–Trinajstić information content (AvgIpc) is 3.15. The van der Waals surface area contributed by atoms with Crippen LogP contribution >= 0.6 is 15.9 Å². The Balaban J connectivity index is 1.46. The minimum atomic E-state index is -0.458. The largest absolute Gasteiger partial charge is 0.481 e. The van der Waals surface area contributed by atoms with Crippen molar-refractivity contribution in [2.24, 2.45) is 0 Å². The second kappa shape index (κ2) is 9.32. The number of aromatic nitrogens is 2. The first kappa shape index (κ1) is 19.8. The van der Waals surface area contributed by atoms with Crippen molar-refractivity contribution >= 4 is 27.6 Å². The van der Waals surface area contributed by atoms with Crippen LogP contribution in [0.1, 0.15) is 11.7 Å². The topological polar surface area (TPSA) is 80.5 Å². The van der Waals surface area contributed by atoms with Crippen molar-refractivity contribution < 1.29 is 18.4 Å². The molecule has 0 bridgehead atoms. The summed E-state index contributed by atoms with van der Waals surface area (Å²) in [6, 6.07) is 13.1. The third-order valence-corrected chi connectivity index (χ3v) is 4.34. The number of hydrogen-bond donors (Lipinski definition) is 1. The summed E-state index contributed by atoms with van der Waals surface area (Å²) in [5.74, 6) is 0.336. The number of benzene rings is 2. The highest BCUT2D eigenvalue weighted by Crippen LogP contribution is 2.17. The average molecular weight is 449 g/mol. The van der Waals surface area contributed by atoms with Gasteiger partial charge in [-0.1, -0.05) is 33.2 Å². The van der Waals surface area contributed by atoms with E-state index in [2.05, 4.69) is 31.4 Å². The van der Waals surface area contributed by atoms with Crippen LogP contribution in [0.3, 0.4) is 0 Å². The first-order chi connectivity index (χ1) is 13.5. The van der Waals surface area contributed by atoms with E-state index in [0.29, 0.717) is 24.5 Å². The molecule has 0 spiro atoms. The van der Waals surface area contributed by atoms with Gasteiger partial charge in [-0.15, -0.1) is 0 Å². The third kappa shape index (κ3) is 5.53. The predicted molar refractivity (Wildman–Crippen MR) is 105 cm³/mol. The zero-order valence-electron chi connectivity index (χ0n) is 15.1. The van der Waals surface area contributed by atoms with Crippen LogP contribution in [0.15, 0.2) is 57.5 Å². The van der Waals surface area contributed by atoms with Gasteiger partial charge in [-0.25, -0.2) is 9.18 Å². The van der Waals surface area contributed by atoms with Crippen molar-refractivity contribution in [2.75, 3.05) is 18.9 Å². The fourth-order valence-corrected chi connectivity index (χ4v) is 2.54. The molecule has 0 unspecified atom stereocenters. The van der Waals surface area contributed by atoms with E-state index in [1.807, 2.05) is 12.1 Å². The number of anilines is 1. The monoisotopic (exact) mass is 448 g/mol. The molecule has 0 radical (unpaired) electrons. The van der Waals surface area contributed by atoms with E-state index in [1.54, 1.807) is 31.3 Å². The number of nitrogens with one attached hydrogen (secondary N) is 1. The highest BCUT2D eigenvalue weighted by atomic mass is 79.9. The molecular weight excluding hydrogens is 431 g/mol. The Morgan fingerprint density at radius 2 is 2.00 bits per heavy atom. The molecule has 1 aromatic heterocycles. The van der Waals surface area contributed by atoms with Gasteiger partial charge in [-0.05, 0) is 36.4 Å². The van der Waals surface area contributed by atoms with Gasteiger partial charge < -0.3 is 19.5 Å². The Kier molecular flexibility index (Phi) is 6.59. The van der Waals surface area contributed by atoms with Crippen LogP contribution in [-0.4, -0.2) is 34.7 Å². The highest BCUT2D eigenvalue weighted by Gasteiger charge is 2.13. The first-order valence-corrected chi connectivity index (χ1v) is 9.27. The summed E-state index contributed by atoms with van der Waals surface area (Å²) >= 11 is 3.35. The molecule has 0 atom stereocenters. The normalized spacial score (nSPS) is 10.5. The molecule has 3 aromatic rings. The lowest BCUT2D eigenvalue weighted by atomic mass is 10.3. The van der Waals surface area contributed by atoms with E-state index in [0.717, 1.165) is 4.47 Å². The second-order valence-electron chi connectivity index (χ2n) is 5.93. The Morgan fingerprint density at radius 1 is 1.25 bits per heavy atom. The molecule has 1 heterocycles. The predicted octanol–water partition coefficient (Wildman–Crippen LogP) is 4.26. The lowest BCUT2D eigenvalue weighted by Gasteiger charge is -2.17. The van der Waals surface area contributed by atoms with E-state index >= 15 is 0 Å². The maximum atomic E-state index is 13.5. The van der Waals surface area contributed by atoms with Gasteiger partial charge in [0.1, 0.15) is 0 Å². The molecule has 0 saturated heterocycles. The molecule has 3 rings (SSSR count). The van der Waals surface area contributed by atoms with Gasteiger partial charge in [-0.2, -0.15) is 4.98 Å². The molecule has 9 heteroatoms. The van der Waals surface area contributed by atoms with Crippen molar-refractivity contribution in [1.29, 1.82) is 0 Å². The van der Waals surface area contributed by atoms with E-state index < -0.39 is 5.82 Å². The molecule has 2 aromatic carbocycles. The summed E-state index contributed by atoms with van der Waals surface area (Å²) in [5, 5.41) is 6.65. The fourth-order valence-electron chi connectivity index (χ4n) is 2.27. The Labute approximate surface area is 169 Å². The first-order valence-electron chi connectivity index (χ1n) is 8.48. The molecule has 146 valence electrons. The number of amides is 2. The molecule has 0 saturated carbocycles. The lowest BCUT2D eigenvalue weighted by molar-refractivity contribution is 0.222. The van der Waals surface area contributed by atoms with Crippen LogP contribution < -0.4 is 10.1 Å². The van der Waals surface area contributed by atoms with Crippen LogP contribution in [-0.2, 0) is 13.0 Å². The molecule has 28 heavy (non-hydrogen) atoms. The highest BCUT2D eigenvalue weighted by molar-refractivity contribution is 9.10. The third-order valence-electron chi connectivity index (χ3n) is 3.81. The van der Waals surface area contributed by atoms with E-state index in [1.165, 1.54) is 17.0 Å². The summed E-state index contributed by atoms with van der Waals surface area (Å²) in [7, 11) is 1.68. The minimum absolute atomic E-state index is 0.0339. The zero-order chi connectivity index (χ0) is 19.9. The number of carbonyl (C=O) groups excluding carboxylic acids is 1. The van der Waals surface area contributed by atoms with Crippen LogP contribution in [0.5, 0.6) is 5.75 Å². The Hall–Kier alpha value is -2.94. The number of halogens is 2. The number of rotatable bonds is 7. The van der Waals surface area contributed by atoms with Crippen LogP contribution in [0.4, 0.5) is 14.9 Å². The van der Waals surface area contributed by atoms with Crippen molar-refractivity contribution in [2.45, 2.75) is 13.0 Å². The van der Waals surface area contributed by atoms with Gasteiger partial charge in [-0.3, -0.25) is 0 Å². The van der Waals surface area contributed by atoms with Gasteiger partial charge >= 0.3 is 6.03 Å². The van der Waals surface area contributed by atoms with Crippen molar-refractivity contribution in [3.8, 4) is 5.75 Å². The fraction of sp³-hybridized carbons (Fsp3) is 0.211. The zero-order valence-corrected chi connectivity index (χ0v) is 16.6. The number of ether oxygens (including phenoxy) is 1. The number of hydrogen-bond acceptors (Lipinski definition) is 5. The number of para-hydroxylation sites is 1. The van der Waals surface area contributed by atoms with Crippen LogP contribution in [0.2, 0.25) is 0 Å². The van der Waals surface area contributed by atoms with Crippen molar-refractivity contribution in [3.05, 3.63) is 70.5 Å². The molecule has 0 fully saturated rings. The summed E-state index contributed by atoms with van der Waals surface area (Å²) in [5.41, 5.74) is 0.701. The number of carbonyl (C=O) groups is 1. The van der Waals surface area contributed by atoms with Gasteiger partial charge in [0.05, 0.1) is 0 Å². The second-order valence-corrected chi connectivity index (χ2v) is 6.85. The number of likely N-dealkylation sites (N-methyl/N-ethyl adjacent to an activating group) is 1. The smallest absolute Gasteiger partial charge is 0.321 e. The molecule has 0 aliphatic rings. The Morgan fingerprint density at radius 3 is 2.75 bits per heavy atom. The quantitative estimate of drug-likeness (QED) is 0.583. The molecule has 1 N–H and O–H groups in total.